The van der Waals surface area contributed by atoms with Crippen molar-refractivity contribution in [3.63, 3.8) is 0 Å². The zero-order chi connectivity index (χ0) is 22.0. The number of piperazine rings is 1. The van der Waals surface area contributed by atoms with Crippen molar-refractivity contribution in [3.8, 4) is 0 Å². The van der Waals surface area contributed by atoms with Crippen LogP contribution in [-0.2, 0) is 11.8 Å². The lowest BCUT2D eigenvalue weighted by atomic mass is 10.2. The maximum atomic E-state index is 13.1. The van der Waals surface area contributed by atoms with Crippen LogP contribution in [0.5, 0.6) is 0 Å². The minimum absolute atomic E-state index is 0.00526. The van der Waals surface area contributed by atoms with Gasteiger partial charge in [0.2, 0.25) is 0 Å². The third-order valence-corrected chi connectivity index (χ3v) is 5.29. The molecule has 0 aromatic carbocycles. The van der Waals surface area contributed by atoms with Crippen LogP contribution in [0.15, 0.2) is 30.9 Å². The Morgan fingerprint density at radius 2 is 1.84 bits per heavy atom. The molecule has 1 N–H and O–H groups in total. The number of rotatable bonds is 2. The molecule has 1 aliphatic heterocycles. The van der Waals surface area contributed by atoms with E-state index in [0.717, 1.165) is 30.4 Å². The summed E-state index contributed by atoms with van der Waals surface area (Å²) in [6.45, 7) is 4.35. The van der Waals surface area contributed by atoms with Gasteiger partial charge in [-0.2, -0.15) is 0 Å². The smallest absolute Gasteiger partial charge is 0.290 e. The first-order chi connectivity index (χ1) is 15.0. The van der Waals surface area contributed by atoms with Crippen LogP contribution in [-0.4, -0.2) is 82.7 Å². The molecule has 1 saturated heterocycles. The number of imidazole rings is 1. The SMILES string of the molecule is Cc1nc2c(C(=O)N3CCN(c4ccnc5nncn45)CC3)ccnc2n1C.O=CO. The van der Waals surface area contributed by atoms with Gasteiger partial charge in [0.05, 0.1) is 5.56 Å². The van der Waals surface area contributed by atoms with Gasteiger partial charge in [-0.1, -0.05) is 0 Å². The molecule has 1 amide bonds. The van der Waals surface area contributed by atoms with Crippen LogP contribution in [0.2, 0.25) is 0 Å². The summed E-state index contributed by atoms with van der Waals surface area (Å²) < 4.78 is 3.76. The van der Waals surface area contributed by atoms with E-state index in [1.54, 1.807) is 24.8 Å². The summed E-state index contributed by atoms with van der Waals surface area (Å²) >= 11 is 0. The van der Waals surface area contributed by atoms with Crippen molar-refractivity contribution in [3.05, 3.63) is 42.2 Å². The molecule has 0 atom stereocenters. The highest BCUT2D eigenvalue weighted by Gasteiger charge is 2.26. The van der Waals surface area contributed by atoms with Gasteiger partial charge in [-0.15, -0.1) is 10.2 Å². The Kier molecular flexibility index (Phi) is 5.43. The molecule has 0 saturated carbocycles. The number of carbonyl (C=O) groups is 2. The Hall–Kier alpha value is -4.09. The maximum absolute atomic E-state index is 13.1. The highest BCUT2D eigenvalue weighted by atomic mass is 16.3. The van der Waals surface area contributed by atoms with Gasteiger partial charge in [-0.3, -0.25) is 14.0 Å². The lowest BCUT2D eigenvalue weighted by molar-refractivity contribution is -0.122. The third kappa shape index (κ3) is 3.63. The van der Waals surface area contributed by atoms with Crippen molar-refractivity contribution < 1.29 is 14.7 Å². The fourth-order valence-electron chi connectivity index (χ4n) is 3.66. The summed E-state index contributed by atoms with van der Waals surface area (Å²) in [6, 6.07) is 3.70. The molecule has 12 heteroatoms. The minimum Gasteiger partial charge on any atom is -0.483 e. The Labute approximate surface area is 176 Å². The molecule has 0 unspecified atom stereocenters. The number of hydrogen-bond donors (Lipinski definition) is 1. The molecule has 0 spiro atoms. The van der Waals surface area contributed by atoms with E-state index in [4.69, 9.17) is 9.90 Å². The molecule has 0 aliphatic carbocycles. The standard InChI is InChI=1S/C18H19N9O.CH2O2/c1-12-22-15-13(3-5-19-16(15)24(12)2)17(28)26-9-7-25(8-10-26)14-4-6-20-18-23-21-11-27(14)18;2-1-3/h3-6,11H,7-10H2,1-2H3;1H,(H,2,3). The lowest BCUT2D eigenvalue weighted by Gasteiger charge is -2.36. The molecule has 12 nitrogen and oxygen atoms in total. The first-order valence-electron chi connectivity index (χ1n) is 9.60. The topological polar surface area (TPSA) is 135 Å². The second-order valence-electron chi connectivity index (χ2n) is 6.94. The van der Waals surface area contributed by atoms with E-state index in [9.17, 15) is 4.79 Å². The number of aromatic nitrogens is 7. The second-order valence-corrected chi connectivity index (χ2v) is 6.94. The fourth-order valence-corrected chi connectivity index (χ4v) is 3.66. The first-order valence-corrected chi connectivity index (χ1v) is 9.60. The molecule has 31 heavy (non-hydrogen) atoms. The van der Waals surface area contributed by atoms with E-state index in [0.29, 0.717) is 29.9 Å². The van der Waals surface area contributed by atoms with Crippen LogP contribution < -0.4 is 4.90 Å². The van der Waals surface area contributed by atoms with Gasteiger partial charge in [0, 0.05) is 45.6 Å². The minimum atomic E-state index is -0.250. The average Bonchev–Trinajstić information content (AvgIpc) is 3.38. The maximum Gasteiger partial charge on any atom is 0.290 e. The van der Waals surface area contributed by atoms with E-state index < -0.39 is 0 Å². The molecule has 160 valence electrons. The summed E-state index contributed by atoms with van der Waals surface area (Å²) in [4.78, 5) is 38.7. The highest BCUT2D eigenvalue weighted by Crippen LogP contribution is 2.21. The van der Waals surface area contributed by atoms with Gasteiger partial charge < -0.3 is 19.5 Å². The van der Waals surface area contributed by atoms with Crippen LogP contribution in [0, 0.1) is 6.92 Å². The number of nitrogens with zero attached hydrogens (tertiary/aromatic N) is 9. The normalized spacial score (nSPS) is 13.9. The summed E-state index contributed by atoms with van der Waals surface area (Å²) in [6.07, 6.45) is 5.06. The molecule has 5 heterocycles. The molecule has 4 aromatic rings. The van der Waals surface area contributed by atoms with Crippen molar-refractivity contribution >= 4 is 35.1 Å². The van der Waals surface area contributed by atoms with E-state index >= 15 is 0 Å². The molecule has 0 bridgehead atoms. The van der Waals surface area contributed by atoms with Crippen LogP contribution in [0.1, 0.15) is 16.2 Å². The van der Waals surface area contributed by atoms with Crippen molar-refractivity contribution in [2.24, 2.45) is 7.05 Å². The van der Waals surface area contributed by atoms with Crippen LogP contribution >= 0.6 is 0 Å². The summed E-state index contributed by atoms with van der Waals surface area (Å²) in [5.41, 5.74) is 2.00. The molecular weight excluding hydrogens is 402 g/mol. The second kappa shape index (κ2) is 8.34. The number of carboxylic acid groups (broad SMARTS) is 1. The zero-order valence-electron chi connectivity index (χ0n) is 17.1. The monoisotopic (exact) mass is 423 g/mol. The number of aryl methyl sites for hydroxylation is 2. The number of amides is 1. The predicted molar refractivity (Wildman–Crippen MR) is 111 cm³/mol. The fraction of sp³-hybridized carbons (Fsp3) is 0.316. The van der Waals surface area contributed by atoms with Gasteiger partial charge in [0.25, 0.3) is 18.2 Å². The Morgan fingerprint density at radius 3 is 2.58 bits per heavy atom. The zero-order valence-corrected chi connectivity index (χ0v) is 17.1. The van der Waals surface area contributed by atoms with E-state index in [1.165, 1.54) is 0 Å². The van der Waals surface area contributed by atoms with Crippen molar-refractivity contribution in [2.75, 3.05) is 31.1 Å². The molecule has 1 aliphatic rings. The van der Waals surface area contributed by atoms with Gasteiger partial charge in [0.15, 0.2) is 5.65 Å². The number of anilines is 1. The Bertz CT molecular complexity index is 1240. The van der Waals surface area contributed by atoms with Crippen LogP contribution in [0.3, 0.4) is 0 Å². The first kappa shape index (κ1) is 20.2. The van der Waals surface area contributed by atoms with E-state index in [1.807, 2.05) is 33.9 Å². The summed E-state index contributed by atoms with van der Waals surface area (Å²) in [5, 5.41) is 14.8. The van der Waals surface area contributed by atoms with Gasteiger partial charge >= 0.3 is 0 Å². The van der Waals surface area contributed by atoms with Crippen molar-refractivity contribution in [2.45, 2.75) is 6.92 Å². The van der Waals surface area contributed by atoms with E-state index in [2.05, 4.69) is 30.0 Å². The molecule has 4 aromatic heterocycles. The summed E-state index contributed by atoms with van der Waals surface area (Å²) in [7, 11) is 1.91. The average molecular weight is 423 g/mol. The molecular formula is C19H21N9O3. The predicted octanol–water partition coefficient (Wildman–Crippen LogP) is 0.378. The highest BCUT2D eigenvalue weighted by molar-refractivity contribution is 6.04. The van der Waals surface area contributed by atoms with Gasteiger partial charge in [0.1, 0.15) is 23.5 Å². The third-order valence-electron chi connectivity index (χ3n) is 5.29. The van der Waals surface area contributed by atoms with Crippen molar-refractivity contribution in [1.29, 1.82) is 0 Å². The quantitative estimate of drug-likeness (QED) is 0.454. The van der Waals surface area contributed by atoms with Crippen molar-refractivity contribution in [1.82, 2.24) is 39.0 Å². The molecule has 0 radical (unpaired) electrons. The number of fused-ring (bicyclic) bond motifs is 2. The number of hydrogen-bond acceptors (Lipinski definition) is 8. The number of pyridine rings is 1. The Morgan fingerprint density at radius 1 is 1.13 bits per heavy atom. The van der Waals surface area contributed by atoms with Crippen LogP contribution in [0.25, 0.3) is 16.9 Å². The molecule has 1 fully saturated rings. The van der Waals surface area contributed by atoms with Gasteiger partial charge in [-0.25, -0.2) is 15.0 Å². The largest absolute Gasteiger partial charge is 0.483 e. The summed E-state index contributed by atoms with van der Waals surface area (Å²) in [5.74, 6) is 2.38. The molecule has 5 rings (SSSR count). The van der Waals surface area contributed by atoms with Crippen LogP contribution in [0.4, 0.5) is 5.82 Å². The van der Waals surface area contributed by atoms with E-state index in [-0.39, 0.29) is 12.4 Å². The lowest BCUT2D eigenvalue weighted by Crippen LogP contribution is -2.49. The van der Waals surface area contributed by atoms with Gasteiger partial charge in [-0.05, 0) is 19.1 Å². The number of carbonyl (C=O) groups excluding carboxylic acids is 1. The Balaban J connectivity index is 0.000000730.